The maximum atomic E-state index is 11.3. The normalized spacial score (nSPS) is 14.8. The van der Waals surface area contributed by atoms with Crippen molar-refractivity contribution in [2.75, 3.05) is 0 Å². The molecule has 0 amide bonds. The summed E-state index contributed by atoms with van der Waals surface area (Å²) >= 11 is 0. The van der Waals surface area contributed by atoms with E-state index in [1.165, 1.54) is 0 Å². The summed E-state index contributed by atoms with van der Waals surface area (Å²) in [6.07, 6.45) is 2.65. The van der Waals surface area contributed by atoms with Gasteiger partial charge >= 0.3 is 5.97 Å². The van der Waals surface area contributed by atoms with E-state index in [4.69, 9.17) is 0 Å². The minimum absolute atomic E-state index is 0.0503. The average molecular weight is 234 g/mol. The molecule has 1 aromatic rings. The van der Waals surface area contributed by atoms with Crippen LogP contribution in [0.1, 0.15) is 54.2 Å². The first kappa shape index (κ1) is 12.0. The molecule has 2 N–H and O–H groups in total. The van der Waals surface area contributed by atoms with Gasteiger partial charge in [0.25, 0.3) is 0 Å². The number of carbonyl (C=O) groups is 1. The molecule has 0 radical (unpaired) electrons. The van der Waals surface area contributed by atoms with Crippen molar-refractivity contribution >= 4 is 5.97 Å². The number of hydrogen-bond acceptors (Lipinski definition) is 2. The monoisotopic (exact) mass is 234 g/mol. The Labute approximate surface area is 101 Å². The van der Waals surface area contributed by atoms with E-state index in [0.717, 1.165) is 36.0 Å². The minimum atomic E-state index is -1.02. The fourth-order valence-corrected chi connectivity index (χ4v) is 2.53. The van der Waals surface area contributed by atoms with E-state index in [2.05, 4.69) is 0 Å². The number of rotatable bonds is 1. The summed E-state index contributed by atoms with van der Waals surface area (Å²) in [6.45, 7) is 5.94. The van der Waals surface area contributed by atoms with Gasteiger partial charge in [0.2, 0.25) is 0 Å². The Morgan fingerprint density at radius 1 is 1.29 bits per heavy atom. The molecule has 1 aromatic carbocycles. The minimum Gasteiger partial charge on any atom is -0.507 e. The summed E-state index contributed by atoms with van der Waals surface area (Å²) in [5.74, 6) is -1.07. The highest BCUT2D eigenvalue weighted by molar-refractivity contribution is 5.94. The lowest BCUT2D eigenvalue weighted by Crippen LogP contribution is -2.15. The third-order valence-corrected chi connectivity index (χ3v) is 3.39. The van der Waals surface area contributed by atoms with E-state index in [0.29, 0.717) is 0 Å². The first-order chi connectivity index (χ1) is 7.82. The second-order valence-corrected chi connectivity index (χ2v) is 5.69. The summed E-state index contributed by atoms with van der Waals surface area (Å²) in [4.78, 5) is 11.3. The molecule has 0 aromatic heterocycles. The van der Waals surface area contributed by atoms with E-state index < -0.39 is 5.97 Å². The predicted molar refractivity (Wildman–Crippen MR) is 65.8 cm³/mol. The molecule has 3 heteroatoms. The van der Waals surface area contributed by atoms with Crippen molar-refractivity contribution in [2.45, 2.75) is 45.4 Å². The lowest BCUT2D eigenvalue weighted by atomic mass is 9.82. The van der Waals surface area contributed by atoms with Crippen molar-refractivity contribution < 1.29 is 15.0 Å². The highest BCUT2D eigenvalue weighted by Crippen LogP contribution is 2.39. The largest absolute Gasteiger partial charge is 0.507 e. The van der Waals surface area contributed by atoms with E-state index in [-0.39, 0.29) is 16.7 Å². The number of carboxylic acid groups (broad SMARTS) is 1. The lowest BCUT2D eigenvalue weighted by Gasteiger charge is -2.23. The first-order valence-corrected chi connectivity index (χ1v) is 5.94. The Balaban J connectivity index is 2.74. The van der Waals surface area contributed by atoms with Crippen LogP contribution in [0.25, 0.3) is 0 Å². The highest BCUT2D eigenvalue weighted by Gasteiger charge is 2.29. The molecule has 2 rings (SSSR count). The van der Waals surface area contributed by atoms with Crippen molar-refractivity contribution in [3.05, 3.63) is 28.3 Å². The van der Waals surface area contributed by atoms with E-state index in [1.807, 2.05) is 26.8 Å². The first-order valence-electron chi connectivity index (χ1n) is 5.94. The van der Waals surface area contributed by atoms with Crippen LogP contribution in [0, 0.1) is 0 Å². The number of aryl methyl sites for hydroxylation is 1. The van der Waals surface area contributed by atoms with Gasteiger partial charge in [-0.25, -0.2) is 4.79 Å². The van der Waals surface area contributed by atoms with Gasteiger partial charge in [0, 0.05) is 5.56 Å². The van der Waals surface area contributed by atoms with Crippen molar-refractivity contribution in [1.82, 2.24) is 0 Å². The summed E-state index contributed by atoms with van der Waals surface area (Å²) in [7, 11) is 0. The number of aromatic carboxylic acids is 1. The van der Waals surface area contributed by atoms with E-state index in [1.54, 1.807) is 0 Å². The van der Waals surface area contributed by atoms with Crippen LogP contribution in [0.4, 0.5) is 0 Å². The van der Waals surface area contributed by atoms with E-state index >= 15 is 0 Å². The molecule has 0 saturated carbocycles. The van der Waals surface area contributed by atoms with Gasteiger partial charge < -0.3 is 10.2 Å². The zero-order valence-corrected chi connectivity index (χ0v) is 10.5. The molecular formula is C14H18O3. The molecule has 0 unspecified atom stereocenters. The Hall–Kier alpha value is -1.51. The summed E-state index contributed by atoms with van der Waals surface area (Å²) < 4.78 is 0. The summed E-state index contributed by atoms with van der Waals surface area (Å²) in [5, 5.41) is 19.4. The smallest absolute Gasteiger partial charge is 0.339 e. The SMILES string of the molecule is CC(C)(C)c1cc2c(c(C(=O)O)c1O)CCC2. The molecule has 3 nitrogen and oxygen atoms in total. The molecule has 0 bridgehead atoms. The van der Waals surface area contributed by atoms with Crippen LogP contribution in [0.3, 0.4) is 0 Å². The third-order valence-electron chi connectivity index (χ3n) is 3.39. The Bertz CT molecular complexity index is 481. The molecule has 1 aliphatic carbocycles. The van der Waals surface area contributed by atoms with Crippen LogP contribution in [-0.2, 0) is 18.3 Å². The second-order valence-electron chi connectivity index (χ2n) is 5.69. The van der Waals surface area contributed by atoms with Crippen LogP contribution >= 0.6 is 0 Å². The van der Waals surface area contributed by atoms with Gasteiger partial charge in [-0.15, -0.1) is 0 Å². The second kappa shape index (κ2) is 3.76. The molecule has 0 heterocycles. The molecule has 0 saturated heterocycles. The van der Waals surface area contributed by atoms with Gasteiger partial charge in [0.05, 0.1) is 0 Å². The van der Waals surface area contributed by atoms with Crippen molar-refractivity contribution in [1.29, 1.82) is 0 Å². The lowest BCUT2D eigenvalue weighted by molar-refractivity contribution is 0.0692. The topological polar surface area (TPSA) is 57.5 Å². The standard InChI is InChI=1S/C14H18O3/c1-14(2,3)10-7-8-5-4-6-9(8)11(12(10)15)13(16)17/h7,15H,4-6H2,1-3H3,(H,16,17). The Morgan fingerprint density at radius 2 is 1.94 bits per heavy atom. The van der Waals surface area contributed by atoms with Gasteiger partial charge in [-0.3, -0.25) is 0 Å². The van der Waals surface area contributed by atoms with Crippen LogP contribution in [0.2, 0.25) is 0 Å². The number of benzene rings is 1. The van der Waals surface area contributed by atoms with Gasteiger partial charge in [-0.05, 0) is 35.8 Å². The van der Waals surface area contributed by atoms with Gasteiger partial charge in [-0.1, -0.05) is 26.8 Å². The maximum absolute atomic E-state index is 11.3. The van der Waals surface area contributed by atoms with Crippen LogP contribution in [0.5, 0.6) is 5.75 Å². The zero-order chi connectivity index (χ0) is 12.8. The zero-order valence-electron chi connectivity index (χ0n) is 10.5. The number of hydrogen-bond donors (Lipinski definition) is 2. The van der Waals surface area contributed by atoms with Crippen molar-refractivity contribution in [3.63, 3.8) is 0 Å². The molecule has 0 aliphatic heterocycles. The predicted octanol–water partition coefficient (Wildman–Crippen LogP) is 2.88. The number of fused-ring (bicyclic) bond motifs is 1. The average Bonchev–Trinajstić information content (AvgIpc) is 2.61. The number of carboxylic acids is 1. The molecule has 0 spiro atoms. The number of phenols is 1. The van der Waals surface area contributed by atoms with E-state index in [9.17, 15) is 15.0 Å². The van der Waals surface area contributed by atoms with Gasteiger partial charge in [0.15, 0.2) is 0 Å². The molecule has 92 valence electrons. The Kier molecular flexibility index (Phi) is 2.64. The molecule has 0 fully saturated rings. The van der Waals surface area contributed by atoms with Gasteiger partial charge in [-0.2, -0.15) is 0 Å². The molecule has 0 atom stereocenters. The quantitative estimate of drug-likeness (QED) is 0.785. The summed E-state index contributed by atoms with van der Waals surface area (Å²) in [5.41, 5.74) is 2.51. The summed E-state index contributed by atoms with van der Waals surface area (Å²) in [6, 6.07) is 1.98. The molecule has 1 aliphatic rings. The molecular weight excluding hydrogens is 216 g/mol. The van der Waals surface area contributed by atoms with Crippen LogP contribution < -0.4 is 0 Å². The van der Waals surface area contributed by atoms with Crippen molar-refractivity contribution in [3.8, 4) is 5.75 Å². The highest BCUT2D eigenvalue weighted by atomic mass is 16.4. The van der Waals surface area contributed by atoms with Gasteiger partial charge in [0.1, 0.15) is 11.3 Å². The number of aromatic hydroxyl groups is 1. The van der Waals surface area contributed by atoms with Crippen molar-refractivity contribution in [2.24, 2.45) is 0 Å². The Morgan fingerprint density at radius 3 is 2.47 bits per heavy atom. The van der Waals surface area contributed by atoms with Crippen LogP contribution in [0.15, 0.2) is 6.07 Å². The maximum Gasteiger partial charge on any atom is 0.339 e. The molecule has 17 heavy (non-hydrogen) atoms. The fourth-order valence-electron chi connectivity index (χ4n) is 2.53. The third kappa shape index (κ3) is 1.90. The fraction of sp³-hybridized carbons (Fsp3) is 0.500. The van der Waals surface area contributed by atoms with Crippen LogP contribution in [-0.4, -0.2) is 16.2 Å².